The van der Waals surface area contributed by atoms with Crippen LogP contribution in [0.3, 0.4) is 0 Å². The van der Waals surface area contributed by atoms with Gasteiger partial charge in [-0.05, 0) is 12.3 Å². The van der Waals surface area contributed by atoms with Gasteiger partial charge in [0.15, 0.2) is 0 Å². The summed E-state index contributed by atoms with van der Waals surface area (Å²) in [7, 11) is 0. The molecule has 0 radical (unpaired) electrons. The predicted molar refractivity (Wildman–Crippen MR) is 71.3 cm³/mol. The summed E-state index contributed by atoms with van der Waals surface area (Å²) in [6.45, 7) is 3.18. The van der Waals surface area contributed by atoms with Gasteiger partial charge < -0.3 is 11.1 Å². The van der Waals surface area contributed by atoms with Crippen LogP contribution in [0.15, 0.2) is 0 Å². The molecule has 1 aliphatic rings. The number of carbonyl (C=O) groups is 2. The Bertz CT molecular complexity index is 374. The summed E-state index contributed by atoms with van der Waals surface area (Å²) in [6.07, 6.45) is -4.25. The summed E-state index contributed by atoms with van der Waals surface area (Å²) < 4.78 is 36.3. The monoisotopic (exact) mass is 309 g/mol. The van der Waals surface area contributed by atoms with Crippen LogP contribution < -0.4 is 11.1 Å². The van der Waals surface area contributed by atoms with Gasteiger partial charge >= 0.3 is 6.18 Å². The van der Waals surface area contributed by atoms with E-state index in [-0.39, 0.29) is 18.5 Å². The highest BCUT2D eigenvalue weighted by Crippen LogP contribution is 2.23. The van der Waals surface area contributed by atoms with Crippen LogP contribution in [-0.2, 0) is 9.59 Å². The lowest BCUT2D eigenvalue weighted by Crippen LogP contribution is -2.41. The van der Waals surface area contributed by atoms with E-state index in [2.05, 4.69) is 5.32 Å². The van der Waals surface area contributed by atoms with E-state index in [1.807, 2.05) is 11.8 Å². The van der Waals surface area contributed by atoms with E-state index >= 15 is 0 Å². The molecule has 1 saturated heterocycles. The standard InChI is InChI=1S/C13H22F3N3O2/c1-2-3-9-6-19(8-11(17)20)7-10(9)18-12(21)4-5-13(14,15)16/h9-10H,2-8H2,1H3,(H2,17,20)(H,18,21)/t9-,10-/m0/s1. The Balaban J connectivity index is 2.50. The Morgan fingerprint density at radius 1 is 1.33 bits per heavy atom. The molecule has 0 spiro atoms. The maximum atomic E-state index is 12.1. The van der Waals surface area contributed by atoms with Crippen molar-refractivity contribution < 1.29 is 22.8 Å². The van der Waals surface area contributed by atoms with Crippen molar-refractivity contribution in [1.29, 1.82) is 0 Å². The Labute approximate surface area is 122 Å². The highest BCUT2D eigenvalue weighted by atomic mass is 19.4. The van der Waals surface area contributed by atoms with E-state index in [1.54, 1.807) is 0 Å². The summed E-state index contributed by atoms with van der Waals surface area (Å²) in [5, 5.41) is 2.66. The molecule has 122 valence electrons. The van der Waals surface area contributed by atoms with Crippen LogP contribution in [0.5, 0.6) is 0 Å². The molecule has 8 heteroatoms. The summed E-state index contributed by atoms with van der Waals surface area (Å²) in [5.74, 6) is -0.905. The number of halogens is 3. The van der Waals surface area contributed by atoms with Crippen molar-refractivity contribution in [1.82, 2.24) is 10.2 Å². The zero-order valence-corrected chi connectivity index (χ0v) is 12.1. The molecule has 0 bridgehead atoms. The maximum Gasteiger partial charge on any atom is 0.389 e. The van der Waals surface area contributed by atoms with Gasteiger partial charge in [0.1, 0.15) is 0 Å². The minimum absolute atomic E-state index is 0.106. The number of amides is 2. The SMILES string of the molecule is CCC[C@H]1CN(CC(N)=O)C[C@@H]1NC(=O)CCC(F)(F)F. The van der Waals surface area contributed by atoms with E-state index in [9.17, 15) is 22.8 Å². The Kier molecular flexibility index (Phi) is 6.44. The first-order valence-corrected chi connectivity index (χ1v) is 7.08. The fourth-order valence-corrected chi connectivity index (χ4v) is 2.67. The lowest BCUT2D eigenvalue weighted by Gasteiger charge is -2.19. The van der Waals surface area contributed by atoms with Crippen LogP contribution in [-0.4, -0.2) is 48.6 Å². The number of rotatable bonds is 7. The average molecular weight is 309 g/mol. The third kappa shape index (κ3) is 6.79. The number of nitrogens with two attached hydrogens (primary N) is 1. The van der Waals surface area contributed by atoms with Gasteiger partial charge in [0, 0.05) is 25.6 Å². The van der Waals surface area contributed by atoms with Crippen LogP contribution in [0, 0.1) is 5.92 Å². The molecule has 1 aliphatic heterocycles. The summed E-state index contributed by atoms with van der Waals surface area (Å²) in [4.78, 5) is 24.4. The molecule has 1 heterocycles. The number of primary amides is 1. The molecule has 2 amide bonds. The maximum absolute atomic E-state index is 12.1. The van der Waals surface area contributed by atoms with E-state index < -0.39 is 30.8 Å². The van der Waals surface area contributed by atoms with Gasteiger partial charge in [-0.3, -0.25) is 14.5 Å². The highest BCUT2D eigenvalue weighted by molar-refractivity contribution is 5.77. The van der Waals surface area contributed by atoms with Crippen LogP contribution in [0.2, 0.25) is 0 Å². The minimum Gasteiger partial charge on any atom is -0.369 e. The summed E-state index contributed by atoms with van der Waals surface area (Å²) in [6, 6.07) is -0.218. The topological polar surface area (TPSA) is 75.4 Å². The normalized spacial score (nSPS) is 23.2. The molecular formula is C13H22F3N3O2. The zero-order valence-electron chi connectivity index (χ0n) is 12.1. The van der Waals surface area contributed by atoms with Crippen LogP contribution >= 0.6 is 0 Å². The second-order valence-corrected chi connectivity index (χ2v) is 5.50. The fraction of sp³-hybridized carbons (Fsp3) is 0.846. The second-order valence-electron chi connectivity index (χ2n) is 5.50. The van der Waals surface area contributed by atoms with E-state index in [1.165, 1.54) is 0 Å². The third-order valence-electron chi connectivity index (χ3n) is 3.54. The van der Waals surface area contributed by atoms with Gasteiger partial charge in [-0.25, -0.2) is 0 Å². The molecule has 0 aromatic heterocycles. The molecule has 0 unspecified atom stereocenters. The van der Waals surface area contributed by atoms with E-state index in [0.29, 0.717) is 13.1 Å². The Hall–Kier alpha value is -1.31. The average Bonchev–Trinajstić information content (AvgIpc) is 2.67. The van der Waals surface area contributed by atoms with Crippen molar-refractivity contribution in [2.45, 2.75) is 44.8 Å². The van der Waals surface area contributed by atoms with Gasteiger partial charge in [0.05, 0.1) is 13.0 Å². The molecule has 5 nitrogen and oxygen atoms in total. The largest absolute Gasteiger partial charge is 0.389 e. The quantitative estimate of drug-likeness (QED) is 0.737. The molecule has 3 N–H and O–H groups in total. The van der Waals surface area contributed by atoms with Gasteiger partial charge in [-0.15, -0.1) is 0 Å². The number of carbonyl (C=O) groups excluding carboxylic acids is 2. The predicted octanol–water partition coefficient (Wildman–Crippen LogP) is 1.03. The molecule has 0 saturated carbocycles. The first kappa shape index (κ1) is 17.7. The molecule has 0 aromatic rings. The van der Waals surface area contributed by atoms with Gasteiger partial charge in [0.2, 0.25) is 11.8 Å². The molecular weight excluding hydrogens is 287 g/mol. The molecule has 21 heavy (non-hydrogen) atoms. The zero-order chi connectivity index (χ0) is 16.0. The third-order valence-corrected chi connectivity index (χ3v) is 3.54. The molecule has 2 atom stereocenters. The van der Waals surface area contributed by atoms with Crippen molar-refractivity contribution in [3.05, 3.63) is 0 Å². The first-order valence-electron chi connectivity index (χ1n) is 7.08. The van der Waals surface area contributed by atoms with Crippen LogP contribution in [0.25, 0.3) is 0 Å². The van der Waals surface area contributed by atoms with Crippen molar-refractivity contribution in [2.24, 2.45) is 11.7 Å². The van der Waals surface area contributed by atoms with Crippen molar-refractivity contribution in [3.8, 4) is 0 Å². The van der Waals surface area contributed by atoms with E-state index in [0.717, 1.165) is 12.8 Å². The number of nitrogens with zero attached hydrogens (tertiary/aromatic N) is 1. The smallest absolute Gasteiger partial charge is 0.369 e. The van der Waals surface area contributed by atoms with E-state index in [4.69, 9.17) is 5.73 Å². The molecule has 1 fully saturated rings. The number of likely N-dealkylation sites (tertiary alicyclic amines) is 1. The highest BCUT2D eigenvalue weighted by Gasteiger charge is 2.34. The Morgan fingerprint density at radius 2 is 2.00 bits per heavy atom. The number of alkyl halides is 3. The number of hydrogen-bond donors (Lipinski definition) is 2. The summed E-state index contributed by atoms with van der Waals surface area (Å²) >= 11 is 0. The summed E-state index contributed by atoms with van der Waals surface area (Å²) in [5.41, 5.74) is 5.14. The van der Waals surface area contributed by atoms with Gasteiger partial charge in [0.25, 0.3) is 0 Å². The number of nitrogens with one attached hydrogen (secondary N) is 1. The van der Waals surface area contributed by atoms with Crippen LogP contribution in [0.4, 0.5) is 13.2 Å². The number of hydrogen-bond acceptors (Lipinski definition) is 3. The van der Waals surface area contributed by atoms with Crippen molar-refractivity contribution in [3.63, 3.8) is 0 Å². The lowest BCUT2D eigenvalue weighted by atomic mass is 9.98. The first-order chi connectivity index (χ1) is 9.71. The fourth-order valence-electron chi connectivity index (χ4n) is 2.67. The second kappa shape index (κ2) is 7.63. The molecule has 0 aromatic carbocycles. The van der Waals surface area contributed by atoms with Gasteiger partial charge in [-0.1, -0.05) is 13.3 Å². The van der Waals surface area contributed by atoms with Gasteiger partial charge in [-0.2, -0.15) is 13.2 Å². The Morgan fingerprint density at radius 3 is 2.52 bits per heavy atom. The van der Waals surface area contributed by atoms with Crippen molar-refractivity contribution in [2.75, 3.05) is 19.6 Å². The van der Waals surface area contributed by atoms with Crippen molar-refractivity contribution >= 4 is 11.8 Å². The molecule has 1 rings (SSSR count). The lowest BCUT2D eigenvalue weighted by molar-refractivity contribution is -0.144. The minimum atomic E-state index is -4.33. The van der Waals surface area contributed by atoms with Crippen LogP contribution in [0.1, 0.15) is 32.6 Å². The molecule has 0 aliphatic carbocycles.